The topological polar surface area (TPSA) is 96.4 Å². The number of ether oxygens (including phenoxy) is 1. The third-order valence-corrected chi connectivity index (χ3v) is 5.37. The molecule has 0 radical (unpaired) electrons. The number of carbonyl (C=O) groups excluding carboxylic acids is 1. The molecule has 1 unspecified atom stereocenters. The van der Waals surface area contributed by atoms with Crippen LogP contribution in [0.4, 0.5) is 0 Å². The maximum Gasteiger partial charge on any atom is 0.329 e. The molecule has 0 spiro atoms. The molecule has 1 amide bonds. The van der Waals surface area contributed by atoms with Crippen LogP contribution in [0.5, 0.6) is 0 Å². The number of nitrogens with zero attached hydrogens (tertiary/aromatic N) is 2. The second-order valence-corrected chi connectivity index (χ2v) is 7.24. The number of fused-ring (bicyclic) bond motifs is 1. The molecule has 1 aliphatic rings. The number of amides is 1. The van der Waals surface area contributed by atoms with Crippen LogP contribution in [0.1, 0.15) is 11.6 Å². The monoisotopic (exact) mass is 408 g/mol. The molecule has 3 aromatic rings. The molecule has 8 nitrogen and oxygen atoms in total. The largest absolute Gasteiger partial charge is 0.379 e. The third kappa shape index (κ3) is 4.34. The normalized spacial score (nSPS) is 15.7. The molecule has 156 valence electrons. The van der Waals surface area contributed by atoms with Gasteiger partial charge in [0.05, 0.1) is 30.2 Å². The van der Waals surface area contributed by atoms with Crippen molar-refractivity contribution in [2.45, 2.75) is 12.6 Å². The van der Waals surface area contributed by atoms with Crippen LogP contribution in [0.15, 0.2) is 64.2 Å². The van der Waals surface area contributed by atoms with E-state index in [0.29, 0.717) is 30.7 Å². The number of para-hydroxylation sites is 1. The van der Waals surface area contributed by atoms with E-state index in [1.165, 1.54) is 4.57 Å². The molecule has 4 rings (SSSR count). The highest BCUT2D eigenvalue weighted by molar-refractivity contribution is 5.81. The number of nitrogens with one attached hydrogen (secondary N) is 2. The Morgan fingerprint density at radius 2 is 1.73 bits per heavy atom. The lowest BCUT2D eigenvalue weighted by atomic mass is 10.0. The molecule has 1 saturated heterocycles. The summed E-state index contributed by atoms with van der Waals surface area (Å²) in [6.45, 7) is 3.16. The first-order valence-electron chi connectivity index (χ1n) is 9.99. The summed E-state index contributed by atoms with van der Waals surface area (Å²) in [5, 5.41) is 3.34. The molecule has 1 aliphatic heterocycles. The van der Waals surface area contributed by atoms with Gasteiger partial charge in [0.25, 0.3) is 5.56 Å². The van der Waals surface area contributed by atoms with Gasteiger partial charge < -0.3 is 10.1 Å². The second-order valence-electron chi connectivity index (χ2n) is 7.24. The van der Waals surface area contributed by atoms with Crippen LogP contribution >= 0.6 is 0 Å². The van der Waals surface area contributed by atoms with Gasteiger partial charge >= 0.3 is 5.69 Å². The lowest BCUT2D eigenvalue weighted by molar-refractivity contribution is -0.122. The summed E-state index contributed by atoms with van der Waals surface area (Å²) in [6.07, 6.45) is 0. The predicted octanol–water partition coefficient (Wildman–Crippen LogP) is 0.879. The van der Waals surface area contributed by atoms with Gasteiger partial charge in [-0.15, -0.1) is 0 Å². The second kappa shape index (κ2) is 9.06. The van der Waals surface area contributed by atoms with Crippen molar-refractivity contribution in [2.75, 3.05) is 32.8 Å². The van der Waals surface area contributed by atoms with E-state index in [2.05, 4.69) is 15.2 Å². The van der Waals surface area contributed by atoms with Crippen LogP contribution in [0.2, 0.25) is 0 Å². The highest BCUT2D eigenvalue weighted by Crippen LogP contribution is 2.21. The Morgan fingerprint density at radius 1 is 1.03 bits per heavy atom. The number of carbonyl (C=O) groups is 1. The summed E-state index contributed by atoms with van der Waals surface area (Å²) >= 11 is 0. The minimum atomic E-state index is -0.596. The van der Waals surface area contributed by atoms with Crippen molar-refractivity contribution in [2.24, 2.45) is 0 Å². The zero-order chi connectivity index (χ0) is 20.9. The number of benzene rings is 2. The molecule has 0 saturated carbocycles. The van der Waals surface area contributed by atoms with E-state index in [-0.39, 0.29) is 18.5 Å². The number of rotatable bonds is 6. The van der Waals surface area contributed by atoms with Crippen molar-refractivity contribution >= 4 is 16.8 Å². The van der Waals surface area contributed by atoms with E-state index >= 15 is 0 Å². The molecule has 30 heavy (non-hydrogen) atoms. The van der Waals surface area contributed by atoms with Crippen LogP contribution in [0.3, 0.4) is 0 Å². The molecule has 1 atom stereocenters. The van der Waals surface area contributed by atoms with E-state index in [9.17, 15) is 14.4 Å². The smallest absolute Gasteiger partial charge is 0.329 e. The number of H-pyrrole nitrogens is 1. The average Bonchev–Trinajstić information content (AvgIpc) is 2.78. The van der Waals surface area contributed by atoms with Crippen molar-refractivity contribution in [3.05, 3.63) is 81.0 Å². The van der Waals surface area contributed by atoms with Crippen molar-refractivity contribution < 1.29 is 9.53 Å². The van der Waals surface area contributed by atoms with E-state index in [0.717, 1.165) is 18.7 Å². The molecule has 0 aliphatic carbocycles. The molecular formula is C22H24N4O4. The Bertz CT molecular complexity index is 1130. The van der Waals surface area contributed by atoms with Crippen molar-refractivity contribution in [3.63, 3.8) is 0 Å². The summed E-state index contributed by atoms with van der Waals surface area (Å²) in [5.41, 5.74) is 0.505. The van der Waals surface area contributed by atoms with E-state index in [1.54, 1.807) is 24.3 Å². The third-order valence-electron chi connectivity index (χ3n) is 5.37. The lowest BCUT2D eigenvalue weighted by Crippen LogP contribution is -2.44. The van der Waals surface area contributed by atoms with Gasteiger partial charge in [-0.05, 0) is 17.7 Å². The van der Waals surface area contributed by atoms with Crippen molar-refractivity contribution in [1.82, 2.24) is 19.8 Å². The molecule has 1 fully saturated rings. The van der Waals surface area contributed by atoms with Gasteiger partial charge in [-0.1, -0.05) is 42.5 Å². The fraction of sp³-hybridized carbons (Fsp3) is 0.318. The Morgan fingerprint density at radius 3 is 2.50 bits per heavy atom. The van der Waals surface area contributed by atoms with Gasteiger partial charge in [-0.3, -0.25) is 24.0 Å². The SMILES string of the molecule is O=C(Cn1c(=O)[nH]c(=O)c2ccccc21)NCC(c1ccccc1)N1CCOCC1. The first-order valence-corrected chi connectivity index (χ1v) is 9.99. The summed E-state index contributed by atoms with van der Waals surface area (Å²) in [7, 11) is 0. The Labute approximate surface area is 173 Å². The molecule has 2 aromatic carbocycles. The number of aromatic amines is 1. The maximum absolute atomic E-state index is 12.7. The first kappa shape index (κ1) is 20.1. The Hall–Kier alpha value is -3.23. The van der Waals surface area contributed by atoms with Gasteiger partial charge in [-0.2, -0.15) is 0 Å². The number of morpholine rings is 1. The maximum atomic E-state index is 12.7. The molecule has 2 heterocycles. The highest BCUT2D eigenvalue weighted by Gasteiger charge is 2.23. The number of hydrogen-bond acceptors (Lipinski definition) is 5. The predicted molar refractivity (Wildman–Crippen MR) is 113 cm³/mol. The van der Waals surface area contributed by atoms with Gasteiger partial charge in [-0.25, -0.2) is 4.79 Å². The van der Waals surface area contributed by atoms with Crippen LogP contribution < -0.4 is 16.6 Å². The quantitative estimate of drug-likeness (QED) is 0.631. The standard InChI is InChI=1S/C22H24N4O4/c27-20(15-26-18-9-5-4-8-17(18)21(28)24-22(26)29)23-14-19(16-6-2-1-3-7-16)25-10-12-30-13-11-25/h1-9,19H,10-15H2,(H,23,27)(H,24,28,29). The van der Waals surface area contributed by atoms with Crippen LogP contribution in [-0.4, -0.2) is 53.2 Å². The molecule has 1 aromatic heterocycles. The van der Waals surface area contributed by atoms with E-state index < -0.39 is 11.2 Å². The van der Waals surface area contributed by atoms with E-state index in [4.69, 9.17) is 4.74 Å². The minimum absolute atomic E-state index is 0.0168. The fourth-order valence-electron chi connectivity index (χ4n) is 3.83. The van der Waals surface area contributed by atoms with E-state index in [1.807, 2.05) is 30.3 Å². The summed E-state index contributed by atoms with van der Waals surface area (Å²) in [6, 6.07) is 16.8. The van der Waals surface area contributed by atoms with Crippen LogP contribution in [-0.2, 0) is 16.1 Å². The molecule has 0 bridgehead atoms. The summed E-state index contributed by atoms with van der Waals surface area (Å²) in [4.78, 5) is 41.6. The molecular weight excluding hydrogens is 384 g/mol. The minimum Gasteiger partial charge on any atom is -0.379 e. The zero-order valence-electron chi connectivity index (χ0n) is 16.5. The zero-order valence-corrected chi connectivity index (χ0v) is 16.5. The van der Waals surface area contributed by atoms with Gasteiger partial charge in [0.1, 0.15) is 6.54 Å². The summed E-state index contributed by atoms with van der Waals surface area (Å²) in [5.74, 6) is -0.288. The number of hydrogen-bond donors (Lipinski definition) is 2. The fourth-order valence-corrected chi connectivity index (χ4v) is 3.83. The van der Waals surface area contributed by atoms with Gasteiger partial charge in [0, 0.05) is 19.6 Å². The lowest BCUT2D eigenvalue weighted by Gasteiger charge is -2.35. The van der Waals surface area contributed by atoms with Crippen LogP contribution in [0.25, 0.3) is 10.9 Å². The summed E-state index contributed by atoms with van der Waals surface area (Å²) < 4.78 is 6.75. The highest BCUT2D eigenvalue weighted by atomic mass is 16.5. The molecule has 2 N–H and O–H groups in total. The molecule has 8 heteroatoms. The van der Waals surface area contributed by atoms with Crippen molar-refractivity contribution in [1.29, 1.82) is 0 Å². The van der Waals surface area contributed by atoms with Gasteiger partial charge in [0.15, 0.2) is 0 Å². The average molecular weight is 408 g/mol. The number of aromatic nitrogens is 2. The first-order chi connectivity index (χ1) is 14.6. The Balaban J connectivity index is 1.51. The van der Waals surface area contributed by atoms with Crippen molar-refractivity contribution in [3.8, 4) is 0 Å². The Kier molecular flexibility index (Phi) is 6.06. The van der Waals surface area contributed by atoms with Crippen LogP contribution in [0, 0.1) is 0 Å². The van der Waals surface area contributed by atoms with Gasteiger partial charge in [0.2, 0.25) is 5.91 Å².